The van der Waals surface area contributed by atoms with Crippen molar-refractivity contribution in [3.8, 4) is 0 Å². The van der Waals surface area contributed by atoms with Crippen LogP contribution in [-0.2, 0) is 10.0 Å². The Bertz CT molecular complexity index is 450. The molecule has 20 heavy (non-hydrogen) atoms. The molecule has 0 aliphatic carbocycles. The van der Waals surface area contributed by atoms with Crippen molar-refractivity contribution in [2.45, 2.75) is 51.3 Å². The summed E-state index contributed by atoms with van der Waals surface area (Å²) >= 11 is 0. The van der Waals surface area contributed by atoms with Crippen molar-refractivity contribution >= 4 is 10.0 Å². The second-order valence-electron chi connectivity index (χ2n) is 6.33. The molecule has 5 nitrogen and oxygen atoms in total. The van der Waals surface area contributed by atoms with Crippen LogP contribution in [-0.4, -0.2) is 53.5 Å². The third-order valence-electron chi connectivity index (χ3n) is 3.75. The molecule has 1 aliphatic rings. The molecule has 0 bridgehead atoms. The number of rotatable bonds is 5. The zero-order chi connectivity index (χ0) is 15.6. The van der Waals surface area contributed by atoms with E-state index in [0.717, 1.165) is 5.57 Å². The highest BCUT2D eigenvalue weighted by atomic mass is 32.2. The fourth-order valence-electron chi connectivity index (χ4n) is 2.62. The zero-order valence-electron chi connectivity index (χ0n) is 12.8. The molecule has 2 atom stereocenters. The molecule has 1 rings (SSSR count). The van der Waals surface area contributed by atoms with Crippen LogP contribution in [0.3, 0.4) is 0 Å². The molecule has 0 radical (unpaired) electrons. The standard InChI is InChI=1S/C14H27NO4S/c1-11-10-15(20(18,19)14(2,3)4)13(7-9-17)12(11)6-5-8-16/h6,11,13,16-17H,5,7-10H2,1-4H3/b12-6-/t11-,13-/m0/s1. The average molecular weight is 305 g/mol. The van der Waals surface area contributed by atoms with Gasteiger partial charge in [-0.05, 0) is 39.5 Å². The van der Waals surface area contributed by atoms with Crippen molar-refractivity contribution < 1.29 is 18.6 Å². The Kier molecular flexibility index (Phi) is 5.78. The van der Waals surface area contributed by atoms with Gasteiger partial charge in [0.1, 0.15) is 0 Å². The topological polar surface area (TPSA) is 77.8 Å². The Morgan fingerprint density at radius 3 is 2.35 bits per heavy atom. The summed E-state index contributed by atoms with van der Waals surface area (Å²) in [5, 5.41) is 18.2. The zero-order valence-corrected chi connectivity index (χ0v) is 13.7. The molecule has 118 valence electrons. The third kappa shape index (κ3) is 3.42. The molecule has 0 aromatic rings. The number of hydrogen-bond acceptors (Lipinski definition) is 4. The van der Waals surface area contributed by atoms with Crippen molar-refractivity contribution in [2.75, 3.05) is 19.8 Å². The predicted octanol–water partition coefficient (Wildman–Crippen LogP) is 1.13. The van der Waals surface area contributed by atoms with E-state index in [-0.39, 0.29) is 25.2 Å². The minimum atomic E-state index is -3.42. The van der Waals surface area contributed by atoms with E-state index in [1.54, 1.807) is 20.8 Å². The first-order valence-corrected chi connectivity index (χ1v) is 8.54. The minimum absolute atomic E-state index is 0.0497. The van der Waals surface area contributed by atoms with E-state index in [4.69, 9.17) is 5.11 Å². The van der Waals surface area contributed by atoms with Gasteiger partial charge >= 0.3 is 0 Å². The maximum absolute atomic E-state index is 12.7. The van der Waals surface area contributed by atoms with Gasteiger partial charge in [-0.15, -0.1) is 0 Å². The Balaban J connectivity index is 3.16. The van der Waals surface area contributed by atoms with E-state index in [1.807, 2.05) is 13.0 Å². The normalized spacial score (nSPS) is 27.4. The first-order chi connectivity index (χ1) is 9.16. The van der Waals surface area contributed by atoms with Crippen molar-refractivity contribution in [2.24, 2.45) is 5.92 Å². The van der Waals surface area contributed by atoms with E-state index < -0.39 is 14.8 Å². The van der Waals surface area contributed by atoms with Gasteiger partial charge < -0.3 is 10.2 Å². The first kappa shape index (κ1) is 17.6. The maximum Gasteiger partial charge on any atom is 0.219 e. The average Bonchev–Trinajstić information content (AvgIpc) is 2.63. The van der Waals surface area contributed by atoms with E-state index in [9.17, 15) is 13.5 Å². The largest absolute Gasteiger partial charge is 0.396 e. The predicted molar refractivity (Wildman–Crippen MR) is 79.8 cm³/mol. The van der Waals surface area contributed by atoms with E-state index in [0.29, 0.717) is 19.4 Å². The lowest BCUT2D eigenvalue weighted by Crippen LogP contribution is -2.46. The van der Waals surface area contributed by atoms with Crippen LogP contribution in [0.15, 0.2) is 11.6 Å². The maximum atomic E-state index is 12.7. The Hall–Kier alpha value is -0.430. The van der Waals surface area contributed by atoms with Gasteiger partial charge in [0.2, 0.25) is 10.0 Å². The van der Waals surface area contributed by atoms with Gasteiger partial charge in [0.15, 0.2) is 0 Å². The summed E-state index contributed by atoms with van der Waals surface area (Å²) in [6.45, 7) is 7.51. The van der Waals surface area contributed by atoms with Crippen molar-refractivity contribution in [1.29, 1.82) is 0 Å². The molecule has 0 spiro atoms. The van der Waals surface area contributed by atoms with Crippen LogP contribution in [0.4, 0.5) is 0 Å². The Labute approximate surface area is 122 Å². The molecule has 2 N–H and O–H groups in total. The molecular weight excluding hydrogens is 278 g/mol. The van der Waals surface area contributed by atoms with Crippen LogP contribution < -0.4 is 0 Å². The van der Waals surface area contributed by atoms with Gasteiger partial charge in [-0.1, -0.05) is 18.6 Å². The molecule has 1 fully saturated rings. The molecule has 0 aromatic carbocycles. The smallest absolute Gasteiger partial charge is 0.219 e. The second-order valence-corrected chi connectivity index (χ2v) is 8.98. The molecule has 0 amide bonds. The number of hydrogen-bond donors (Lipinski definition) is 2. The number of aliphatic hydroxyl groups excluding tert-OH is 2. The lowest BCUT2D eigenvalue weighted by molar-refractivity contribution is 0.254. The second kappa shape index (κ2) is 6.56. The Morgan fingerprint density at radius 2 is 1.90 bits per heavy atom. The molecular formula is C14H27NO4S. The van der Waals surface area contributed by atoms with Crippen LogP contribution in [0.1, 0.15) is 40.5 Å². The molecule has 0 saturated carbocycles. The van der Waals surface area contributed by atoms with Crippen LogP contribution in [0.25, 0.3) is 0 Å². The highest BCUT2D eigenvalue weighted by Crippen LogP contribution is 2.36. The molecule has 1 saturated heterocycles. The highest BCUT2D eigenvalue weighted by Gasteiger charge is 2.45. The van der Waals surface area contributed by atoms with Crippen LogP contribution in [0.2, 0.25) is 0 Å². The summed E-state index contributed by atoms with van der Waals surface area (Å²) in [6, 6.07) is -0.286. The SMILES string of the molecule is C[C@H]1CN(S(=O)(=O)C(C)(C)C)[C@@H](CCO)/C1=C\CCO. The number of aliphatic hydroxyl groups is 2. The van der Waals surface area contributed by atoms with Crippen LogP contribution in [0.5, 0.6) is 0 Å². The summed E-state index contributed by atoms with van der Waals surface area (Å²) in [5.41, 5.74) is 1.01. The van der Waals surface area contributed by atoms with Gasteiger partial charge in [0.05, 0.1) is 4.75 Å². The monoisotopic (exact) mass is 305 g/mol. The fraction of sp³-hybridized carbons (Fsp3) is 0.857. The molecule has 1 heterocycles. The summed E-state index contributed by atoms with van der Waals surface area (Å²) in [4.78, 5) is 0. The van der Waals surface area contributed by atoms with Crippen molar-refractivity contribution in [1.82, 2.24) is 4.31 Å². The summed E-state index contributed by atoms with van der Waals surface area (Å²) in [5.74, 6) is 0.121. The third-order valence-corrected chi connectivity index (χ3v) is 6.32. The number of nitrogens with zero attached hydrogens (tertiary/aromatic N) is 1. The summed E-state index contributed by atoms with van der Waals surface area (Å²) in [6.07, 6.45) is 2.84. The van der Waals surface area contributed by atoms with E-state index >= 15 is 0 Å². The lowest BCUT2D eigenvalue weighted by Gasteiger charge is -2.31. The quantitative estimate of drug-likeness (QED) is 0.746. The molecule has 1 aliphatic heterocycles. The molecule has 0 unspecified atom stereocenters. The van der Waals surface area contributed by atoms with Gasteiger partial charge in [0, 0.05) is 25.8 Å². The van der Waals surface area contributed by atoms with Crippen molar-refractivity contribution in [3.05, 3.63) is 11.6 Å². The first-order valence-electron chi connectivity index (χ1n) is 7.10. The lowest BCUT2D eigenvalue weighted by atomic mass is 9.97. The molecule has 0 aromatic heterocycles. The van der Waals surface area contributed by atoms with Gasteiger partial charge in [-0.3, -0.25) is 0 Å². The van der Waals surface area contributed by atoms with Gasteiger partial charge in [-0.2, -0.15) is 4.31 Å². The van der Waals surface area contributed by atoms with Gasteiger partial charge in [-0.25, -0.2) is 8.42 Å². The number of sulfonamides is 1. The minimum Gasteiger partial charge on any atom is -0.396 e. The van der Waals surface area contributed by atoms with Crippen LogP contribution in [0, 0.1) is 5.92 Å². The Morgan fingerprint density at radius 1 is 1.30 bits per heavy atom. The van der Waals surface area contributed by atoms with Crippen molar-refractivity contribution in [3.63, 3.8) is 0 Å². The van der Waals surface area contributed by atoms with Gasteiger partial charge in [0.25, 0.3) is 0 Å². The summed E-state index contributed by atoms with van der Waals surface area (Å²) < 4.78 is 26.0. The van der Waals surface area contributed by atoms with E-state index in [1.165, 1.54) is 4.31 Å². The fourth-order valence-corrected chi connectivity index (χ4v) is 4.30. The van der Waals surface area contributed by atoms with Crippen LogP contribution >= 0.6 is 0 Å². The molecule has 6 heteroatoms. The summed E-state index contributed by atoms with van der Waals surface area (Å²) in [7, 11) is -3.42. The van der Waals surface area contributed by atoms with E-state index in [2.05, 4.69) is 0 Å². The highest BCUT2D eigenvalue weighted by molar-refractivity contribution is 7.90.